The smallest absolute Gasteiger partial charge is 0.282 e. The van der Waals surface area contributed by atoms with Gasteiger partial charge in [-0.3, -0.25) is 14.1 Å². The minimum absolute atomic E-state index is 0.0666. The fourth-order valence-corrected chi connectivity index (χ4v) is 3.19. The summed E-state index contributed by atoms with van der Waals surface area (Å²) in [5, 5.41) is 8.03. The zero-order valence-corrected chi connectivity index (χ0v) is 22.0. The molecule has 3 aromatic rings. The number of pyridine rings is 2. The number of nitrogens with zero attached hydrogens (tertiary/aromatic N) is 4. The van der Waals surface area contributed by atoms with E-state index in [0.29, 0.717) is 22.6 Å². The van der Waals surface area contributed by atoms with Gasteiger partial charge in [0.2, 0.25) is 0 Å². The zero-order chi connectivity index (χ0) is 27.6. The van der Waals surface area contributed by atoms with E-state index in [4.69, 9.17) is 4.55 Å². The number of nitrogens with one attached hydrogen (secondary N) is 2. The normalized spacial score (nSPS) is 11.7. The van der Waals surface area contributed by atoms with Gasteiger partial charge in [0.15, 0.2) is 24.8 Å². The Morgan fingerprint density at radius 3 is 1.54 bits per heavy atom. The first-order valence-corrected chi connectivity index (χ1v) is 12.4. The Bertz CT molecular complexity index is 1360. The number of amides is 2. The molecule has 194 valence electrons. The van der Waals surface area contributed by atoms with E-state index >= 15 is 0 Å². The molecule has 2 amide bonds. The third kappa shape index (κ3) is 9.70. The van der Waals surface area contributed by atoms with E-state index < -0.39 is 10.1 Å². The Morgan fingerprint density at radius 2 is 1.19 bits per heavy atom. The van der Waals surface area contributed by atoms with Crippen molar-refractivity contribution in [2.24, 2.45) is 24.3 Å². The van der Waals surface area contributed by atoms with Crippen LogP contribution in [0.2, 0.25) is 0 Å². The summed E-state index contributed by atoms with van der Waals surface area (Å²) in [4.78, 5) is 24.1. The van der Waals surface area contributed by atoms with Crippen LogP contribution < -0.4 is 20.0 Å². The Kier molecular flexibility index (Phi) is 10.3. The lowest BCUT2D eigenvalue weighted by Gasteiger charge is -2.03. The molecule has 3 N–H and O–H groups in total. The maximum Gasteiger partial charge on any atom is 0.294 e. The number of benzene rings is 1. The maximum absolute atomic E-state index is 12.1. The minimum atomic E-state index is -4.02. The van der Waals surface area contributed by atoms with Gasteiger partial charge in [-0.25, -0.2) is 20.0 Å². The van der Waals surface area contributed by atoms with Gasteiger partial charge < -0.3 is 0 Å². The van der Waals surface area contributed by atoms with Crippen LogP contribution in [0, 0.1) is 6.92 Å². The summed E-state index contributed by atoms with van der Waals surface area (Å²) in [6, 6.07) is 12.9. The van der Waals surface area contributed by atoms with Crippen LogP contribution >= 0.6 is 0 Å². The molecular weight excluding hydrogens is 496 g/mol. The van der Waals surface area contributed by atoms with Gasteiger partial charge in [-0.05, 0) is 45.0 Å². The Labute approximate surface area is 215 Å². The van der Waals surface area contributed by atoms with Crippen molar-refractivity contribution in [1.82, 2.24) is 10.9 Å². The molecule has 0 radical (unpaired) electrons. The molecule has 0 fully saturated rings. The van der Waals surface area contributed by atoms with Crippen LogP contribution in [0.4, 0.5) is 0 Å². The number of aromatic nitrogens is 2. The van der Waals surface area contributed by atoms with Crippen LogP contribution in [-0.4, -0.2) is 36.2 Å². The fraction of sp³-hybridized carbons (Fsp3) is 0.200. The van der Waals surface area contributed by atoms with Crippen LogP contribution in [0.15, 0.2) is 88.4 Å². The highest BCUT2D eigenvalue weighted by molar-refractivity contribution is 7.85. The topological polar surface area (TPSA) is 145 Å². The molecule has 0 bridgehead atoms. The van der Waals surface area contributed by atoms with Gasteiger partial charge in [0.05, 0.1) is 16.3 Å². The molecule has 0 aliphatic heterocycles. The number of rotatable bonds is 6. The average Bonchev–Trinajstić information content (AvgIpc) is 2.85. The van der Waals surface area contributed by atoms with E-state index in [1.807, 2.05) is 33.4 Å². The monoisotopic (exact) mass is 526 g/mol. The Balaban J connectivity index is 0.000000364. The third-order valence-corrected chi connectivity index (χ3v) is 5.76. The van der Waals surface area contributed by atoms with E-state index in [1.165, 1.54) is 12.1 Å². The SMILES string of the molecule is CC(=N\NC(=O)c1ccc[n+](C)c1)/C(C)=N/NC(=O)c1ccc[n+](C)c1.Cc1ccc(S(=O)(=O)O)cc1. The lowest BCUT2D eigenvalue weighted by atomic mass is 10.2. The van der Waals surface area contributed by atoms with Crippen molar-refractivity contribution < 1.29 is 31.7 Å². The summed E-state index contributed by atoms with van der Waals surface area (Å²) in [5.74, 6) is -0.650. The summed E-state index contributed by atoms with van der Waals surface area (Å²) in [6.45, 7) is 5.23. The third-order valence-electron chi connectivity index (χ3n) is 4.90. The van der Waals surface area contributed by atoms with Crippen LogP contribution in [0.25, 0.3) is 0 Å². The van der Waals surface area contributed by atoms with Gasteiger partial charge >= 0.3 is 0 Å². The lowest BCUT2D eigenvalue weighted by Crippen LogP contribution is -2.31. The minimum Gasteiger partial charge on any atom is -0.282 e. The molecule has 3 rings (SSSR count). The quantitative estimate of drug-likeness (QED) is 0.193. The maximum atomic E-state index is 12.1. The lowest BCUT2D eigenvalue weighted by molar-refractivity contribution is -0.671. The second-order valence-corrected chi connectivity index (χ2v) is 9.50. The molecule has 0 saturated heterocycles. The van der Waals surface area contributed by atoms with Gasteiger partial charge in [0.1, 0.15) is 25.2 Å². The highest BCUT2D eigenvalue weighted by Gasteiger charge is 2.10. The number of carbonyl (C=O) groups is 2. The number of hydrogen-bond donors (Lipinski definition) is 3. The van der Waals surface area contributed by atoms with Crippen molar-refractivity contribution in [3.63, 3.8) is 0 Å². The molecule has 11 nitrogen and oxygen atoms in total. The van der Waals surface area contributed by atoms with Gasteiger partial charge in [0.25, 0.3) is 21.9 Å². The number of carbonyl (C=O) groups excluding carboxylic acids is 2. The van der Waals surface area contributed by atoms with Gasteiger partial charge in [-0.2, -0.15) is 18.6 Å². The molecule has 0 saturated carbocycles. The van der Waals surface area contributed by atoms with Crippen LogP contribution in [0.5, 0.6) is 0 Å². The summed E-state index contributed by atoms with van der Waals surface area (Å²) < 4.78 is 33.1. The van der Waals surface area contributed by atoms with Gasteiger partial charge in [0, 0.05) is 12.1 Å². The molecular formula is C25H30N6O5S+2. The predicted octanol–water partition coefficient (Wildman–Crippen LogP) is 1.49. The second kappa shape index (κ2) is 13.1. The standard InChI is InChI=1S/C18H20N6O2.C7H8O3S/c1-13(19-21-17(25)15-7-5-9-23(3)11-15)14(2)20-22-18(26)16-8-6-10-24(4)12-16;1-6-2-4-7(5-3-6)11(8,9)10/h5-12H,1-4H3;2-5H,1H3,(H,8,9,10)/p+2. The molecule has 0 atom stereocenters. The van der Waals surface area contributed by atoms with Gasteiger partial charge in [-0.15, -0.1) is 0 Å². The summed E-state index contributed by atoms with van der Waals surface area (Å²) >= 11 is 0. The van der Waals surface area contributed by atoms with E-state index in [9.17, 15) is 18.0 Å². The molecule has 0 spiro atoms. The number of aryl methyl sites for hydroxylation is 3. The molecule has 0 aliphatic rings. The molecule has 37 heavy (non-hydrogen) atoms. The molecule has 2 heterocycles. The van der Waals surface area contributed by atoms with E-state index in [1.54, 1.807) is 71.8 Å². The Hall–Kier alpha value is -4.29. The second-order valence-electron chi connectivity index (χ2n) is 8.08. The van der Waals surface area contributed by atoms with Crippen LogP contribution in [-0.2, 0) is 24.2 Å². The van der Waals surface area contributed by atoms with E-state index in [2.05, 4.69) is 21.1 Å². The van der Waals surface area contributed by atoms with Crippen molar-refractivity contribution in [1.29, 1.82) is 0 Å². The van der Waals surface area contributed by atoms with Crippen molar-refractivity contribution in [2.45, 2.75) is 25.7 Å². The molecule has 2 aromatic heterocycles. The zero-order valence-electron chi connectivity index (χ0n) is 21.2. The number of hydrazone groups is 2. The van der Waals surface area contributed by atoms with Crippen LogP contribution in [0.3, 0.4) is 0 Å². The molecule has 0 aliphatic carbocycles. The van der Waals surface area contributed by atoms with Crippen LogP contribution in [0.1, 0.15) is 40.1 Å². The van der Waals surface area contributed by atoms with Crippen molar-refractivity contribution in [2.75, 3.05) is 0 Å². The highest BCUT2D eigenvalue weighted by atomic mass is 32.2. The van der Waals surface area contributed by atoms with Crippen molar-refractivity contribution >= 4 is 33.4 Å². The molecule has 12 heteroatoms. The summed E-state index contributed by atoms with van der Waals surface area (Å²) in [5.41, 5.74) is 7.85. The first kappa shape index (κ1) is 28.9. The highest BCUT2D eigenvalue weighted by Crippen LogP contribution is 2.08. The molecule has 1 aromatic carbocycles. The van der Waals surface area contributed by atoms with Crippen molar-refractivity contribution in [3.8, 4) is 0 Å². The van der Waals surface area contributed by atoms with E-state index in [0.717, 1.165) is 5.56 Å². The molecule has 0 unspecified atom stereocenters. The van der Waals surface area contributed by atoms with E-state index in [-0.39, 0.29) is 16.7 Å². The first-order chi connectivity index (χ1) is 17.4. The average molecular weight is 527 g/mol. The van der Waals surface area contributed by atoms with Crippen molar-refractivity contribution in [3.05, 3.63) is 90.0 Å². The largest absolute Gasteiger partial charge is 0.294 e. The number of hydrogen-bond acceptors (Lipinski definition) is 6. The fourth-order valence-electron chi connectivity index (χ4n) is 2.71. The summed E-state index contributed by atoms with van der Waals surface area (Å²) in [6.07, 6.45) is 7.05. The van der Waals surface area contributed by atoms with Gasteiger partial charge in [-0.1, -0.05) is 17.7 Å². The first-order valence-electron chi connectivity index (χ1n) is 11.0. The predicted molar refractivity (Wildman–Crippen MR) is 137 cm³/mol. The Morgan fingerprint density at radius 1 is 0.784 bits per heavy atom. The summed E-state index contributed by atoms with van der Waals surface area (Å²) in [7, 11) is -0.358.